The van der Waals surface area contributed by atoms with Gasteiger partial charge in [0.05, 0.1) is 15.9 Å². The third-order valence-electron chi connectivity index (χ3n) is 12.4. The number of pyridine rings is 1. The van der Waals surface area contributed by atoms with E-state index in [1.807, 2.05) is 29.5 Å². The first kappa shape index (κ1) is 34.7. The fourth-order valence-corrected chi connectivity index (χ4v) is 10.5. The lowest BCUT2D eigenvalue weighted by Crippen LogP contribution is -2.15. The van der Waals surface area contributed by atoms with Crippen LogP contribution < -0.4 is 0 Å². The van der Waals surface area contributed by atoms with E-state index in [9.17, 15) is 0 Å². The van der Waals surface area contributed by atoms with Gasteiger partial charge in [0.25, 0.3) is 0 Å². The van der Waals surface area contributed by atoms with Crippen molar-refractivity contribution in [2.45, 2.75) is 19.3 Å². The van der Waals surface area contributed by atoms with E-state index in [4.69, 9.17) is 19.9 Å². The van der Waals surface area contributed by atoms with Crippen LogP contribution in [0.4, 0.5) is 0 Å². The van der Waals surface area contributed by atoms with E-state index in [2.05, 4.69) is 178 Å². The summed E-state index contributed by atoms with van der Waals surface area (Å²) in [4.78, 5) is 20.7. The van der Waals surface area contributed by atoms with Crippen molar-refractivity contribution in [2.24, 2.45) is 0 Å². The van der Waals surface area contributed by atoms with Gasteiger partial charge in [-0.05, 0) is 56.3 Å². The molecular formula is C55H36N4S. The quantitative estimate of drug-likeness (QED) is 0.174. The molecule has 5 heteroatoms. The minimum atomic E-state index is -0.130. The molecule has 0 unspecified atom stereocenters. The van der Waals surface area contributed by atoms with Crippen LogP contribution in [0.2, 0.25) is 0 Å². The van der Waals surface area contributed by atoms with Gasteiger partial charge in [0.2, 0.25) is 0 Å². The van der Waals surface area contributed by atoms with E-state index < -0.39 is 0 Å². The molecule has 8 aromatic carbocycles. The maximum atomic E-state index is 5.44. The third-order valence-corrected chi connectivity index (χ3v) is 13.6. The molecule has 0 fully saturated rings. The molecule has 0 saturated heterocycles. The number of thiophene rings is 1. The van der Waals surface area contributed by atoms with Gasteiger partial charge in [-0.3, -0.25) is 0 Å². The van der Waals surface area contributed by atoms with Gasteiger partial charge in [-0.1, -0.05) is 184 Å². The van der Waals surface area contributed by atoms with Crippen LogP contribution in [0.15, 0.2) is 182 Å². The molecule has 0 aliphatic heterocycles. The normalized spacial score (nSPS) is 13.0. The SMILES string of the molecule is CC1(C)c2ccccc2-c2ccc(-c3nc(-c4ccccc4)nc(-c4ccc(-c5ccc(-c6nc7c8ccccc8sc7c7ccccc67)c6ccccc56)cc4)n3)cc21. The van der Waals surface area contributed by atoms with Crippen LogP contribution in [0, 0.1) is 0 Å². The standard InChI is InChI=1S/C55H36N4S/c1-55(2)46-22-12-10-18-40(46)41-29-28-36(32-47(41)55)54-58-52(34-14-4-3-5-15-34)57-53(59-54)35-26-24-33(25-27-35)37-30-31-43(39-17-7-6-16-38(37)39)49-42-19-8-9-20-44(42)51-50(56-49)45-21-11-13-23-48(45)60-51/h3-32H,1-2H3. The average Bonchev–Trinajstić information content (AvgIpc) is 3.80. The molecule has 1 aliphatic carbocycles. The molecule has 0 spiro atoms. The molecule has 0 amide bonds. The molecule has 60 heavy (non-hydrogen) atoms. The number of fused-ring (bicyclic) bond motifs is 9. The van der Waals surface area contributed by atoms with Crippen LogP contribution in [-0.4, -0.2) is 19.9 Å². The van der Waals surface area contributed by atoms with Crippen molar-refractivity contribution in [1.29, 1.82) is 0 Å². The second-order valence-corrected chi connectivity index (χ2v) is 17.2. The summed E-state index contributed by atoms with van der Waals surface area (Å²) in [7, 11) is 0. The zero-order valence-electron chi connectivity index (χ0n) is 33.0. The third kappa shape index (κ3) is 5.36. The number of hydrogen-bond acceptors (Lipinski definition) is 5. The first-order chi connectivity index (χ1) is 29.5. The highest BCUT2D eigenvalue weighted by Gasteiger charge is 2.35. The van der Waals surface area contributed by atoms with E-state index >= 15 is 0 Å². The van der Waals surface area contributed by atoms with Crippen molar-refractivity contribution in [3.8, 4) is 67.7 Å². The van der Waals surface area contributed by atoms with Crippen molar-refractivity contribution in [1.82, 2.24) is 19.9 Å². The second-order valence-electron chi connectivity index (χ2n) is 16.2. The van der Waals surface area contributed by atoms with Gasteiger partial charge in [-0.2, -0.15) is 0 Å². The molecular weight excluding hydrogens is 749 g/mol. The van der Waals surface area contributed by atoms with Gasteiger partial charge < -0.3 is 0 Å². The fourth-order valence-electron chi connectivity index (χ4n) is 9.34. The smallest absolute Gasteiger partial charge is 0.164 e. The summed E-state index contributed by atoms with van der Waals surface area (Å²) >= 11 is 1.82. The summed E-state index contributed by atoms with van der Waals surface area (Å²) < 4.78 is 2.49. The Kier molecular flexibility index (Phi) is 7.72. The molecule has 1 aliphatic rings. The molecule has 0 bridgehead atoms. The highest BCUT2D eigenvalue weighted by atomic mass is 32.1. The number of benzene rings is 8. The van der Waals surface area contributed by atoms with Crippen molar-refractivity contribution >= 4 is 53.2 Å². The van der Waals surface area contributed by atoms with Crippen LogP contribution in [0.25, 0.3) is 110 Å². The summed E-state index contributed by atoms with van der Waals surface area (Å²) in [6, 6.07) is 64.7. The fraction of sp³-hybridized carbons (Fsp3) is 0.0545. The molecule has 4 nitrogen and oxygen atoms in total. The monoisotopic (exact) mass is 784 g/mol. The van der Waals surface area contributed by atoms with E-state index in [0.717, 1.165) is 44.6 Å². The van der Waals surface area contributed by atoms with Crippen molar-refractivity contribution in [3.63, 3.8) is 0 Å². The molecule has 0 N–H and O–H groups in total. The Morgan fingerprint density at radius 1 is 0.367 bits per heavy atom. The Balaban J connectivity index is 0.959. The average molecular weight is 785 g/mol. The van der Waals surface area contributed by atoms with Crippen LogP contribution in [0.1, 0.15) is 25.0 Å². The molecule has 0 atom stereocenters. The summed E-state index contributed by atoms with van der Waals surface area (Å²) in [6.07, 6.45) is 0. The Morgan fingerprint density at radius 2 is 0.883 bits per heavy atom. The van der Waals surface area contributed by atoms with Gasteiger partial charge in [0, 0.05) is 48.5 Å². The second kappa shape index (κ2) is 13.3. The minimum Gasteiger partial charge on any atom is -0.246 e. The van der Waals surface area contributed by atoms with Gasteiger partial charge in [-0.15, -0.1) is 11.3 Å². The number of rotatable bonds is 5. The minimum absolute atomic E-state index is 0.130. The van der Waals surface area contributed by atoms with Crippen molar-refractivity contribution in [2.75, 3.05) is 0 Å². The topological polar surface area (TPSA) is 51.6 Å². The highest BCUT2D eigenvalue weighted by Crippen LogP contribution is 2.49. The van der Waals surface area contributed by atoms with Crippen molar-refractivity contribution < 1.29 is 0 Å². The van der Waals surface area contributed by atoms with Crippen LogP contribution in [0.3, 0.4) is 0 Å². The van der Waals surface area contributed by atoms with Crippen LogP contribution in [-0.2, 0) is 5.41 Å². The Hall–Kier alpha value is -7.34. The van der Waals surface area contributed by atoms with Crippen LogP contribution >= 0.6 is 11.3 Å². The summed E-state index contributed by atoms with van der Waals surface area (Å²) in [5, 5.41) is 5.96. The predicted octanol–water partition coefficient (Wildman–Crippen LogP) is 14.6. The Bertz CT molecular complexity index is 3510. The van der Waals surface area contributed by atoms with Gasteiger partial charge >= 0.3 is 0 Å². The molecule has 11 aromatic rings. The predicted molar refractivity (Wildman–Crippen MR) is 250 cm³/mol. The first-order valence-electron chi connectivity index (χ1n) is 20.4. The maximum Gasteiger partial charge on any atom is 0.164 e. The molecule has 0 saturated carbocycles. The van der Waals surface area contributed by atoms with Gasteiger partial charge in [0.1, 0.15) is 0 Å². The molecule has 0 radical (unpaired) electrons. The summed E-state index contributed by atoms with van der Waals surface area (Å²) in [5.74, 6) is 1.95. The lowest BCUT2D eigenvalue weighted by atomic mass is 9.82. The van der Waals surface area contributed by atoms with Gasteiger partial charge in [-0.25, -0.2) is 19.9 Å². The summed E-state index contributed by atoms with van der Waals surface area (Å²) in [5.41, 5.74) is 13.4. The first-order valence-corrected chi connectivity index (χ1v) is 21.2. The van der Waals surface area contributed by atoms with Crippen molar-refractivity contribution in [3.05, 3.63) is 193 Å². The zero-order chi connectivity index (χ0) is 40.0. The number of hydrogen-bond donors (Lipinski definition) is 0. The molecule has 12 rings (SSSR count). The lowest BCUT2D eigenvalue weighted by molar-refractivity contribution is 0.660. The molecule has 3 aromatic heterocycles. The van der Waals surface area contributed by atoms with Crippen LogP contribution in [0.5, 0.6) is 0 Å². The Morgan fingerprint density at radius 3 is 1.65 bits per heavy atom. The van der Waals surface area contributed by atoms with E-state index in [-0.39, 0.29) is 5.41 Å². The highest BCUT2D eigenvalue weighted by molar-refractivity contribution is 7.26. The Labute approximate surface area is 351 Å². The molecule has 282 valence electrons. The molecule has 3 heterocycles. The van der Waals surface area contributed by atoms with E-state index in [1.54, 1.807) is 0 Å². The maximum absolute atomic E-state index is 5.44. The number of nitrogens with zero attached hydrogens (tertiary/aromatic N) is 4. The zero-order valence-corrected chi connectivity index (χ0v) is 33.8. The summed E-state index contributed by atoms with van der Waals surface area (Å²) in [6.45, 7) is 4.61. The number of aromatic nitrogens is 4. The van der Waals surface area contributed by atoms with E-state index in [0.29, 0.717) is 17.5 Å². The van der Waals surface area contributed by atoms with Gasteiger partial charge in [0.15, 0.2) is 17.5 Å². The largest absolute Gasteiger partial charge is 0.246 e. The van der Waals surface area contributed by atoms with E-state index in [1.165, 1.54) is 58.6 Å². The lowest BCUT2D eigenvalue weighted by Gasteiger charge is -2.21.